The van der Waals surface area contributed by atoms with Crippen molar-refractivity contribution in [2.24, 2.45) is 0 Å². The number of para-hydroxylation sites is 1. The molecule has 5 heteroatoms. The molecule has 1 aromatic heterocycles. The Labute approximate surface area is 433 Å². The molecule has 344 valence electrons. The summed E-state index contributed by atoms with van der Waals surface area (Å²) < 4.78 is 0. The van der Waals surface area contributed by atoms with E-state index in [1.807, 2.05) is 17.8 Å². The van der Waals surface area contributed by atoms with Gasteiger partial charge in [-0.2, -0.15) is 0 Å². The quantitative estimate of drug-likeness (QED) is 0.176. The van der Waals surface area contributed by atoms with Crippen molar-refractivity contribution in [1.82, 2.24) is 15.0 Å². The lowest BCUT2D eigenvalue weighted by Crippen LogP contribution is -2.36. The van der Waals surface area contributed by atoms with Gasteiger partial charge in [-0.3, -0.25) is 0 Å². The molecule has 0 atom stereocenters. The third-order valence-electron chi connectivity index (χ3n) is 16.1. The highest BCUT2D eigenvalue weighted by atomic mass is 32.2. The number of aromatic nitrogens is 3. The van der Waals surface area contributed by atoms with Crippen molar-refractivity contribution >= 4 is 39.6 Å². The van der Waals surface area contributed by atoms with Gasteiger partial charge >= 0.3 is 0 Å². The molecule has 0 saturated carbocycles. The smallest absolute Gasteiger partial charge is 0.164 e. The van der Waals surface area contributed by atoms with E-state index in [1.165, 1.54) is 87.3 Å². The van der Waals surface area contributed by atoms with Gasteiger partial charge in [-0.1, -0.05) is 206 Å². The van der Waals surface area contributed by atoms with Crippen LogP contribution in [0.25, 0.3) is 67.2 Å². The van der Waals surface area contributed by atoms with Gasteiger partial charge in [-0.05, 0) is 138 Å². The van der Waals surface area contributed by atoms with E-state index in [9.17, 15) is 0 Å². The summed E-state index contributed by atoms with van der Waals surface area (Å²) in [7, 11) is 0. The number of anilines is 3. The van der Waals surface area contributed by atoms with Crippen LogP contribution >= 0.6 is 11.8 Å². The summed E-state index contributed by atoms with van der Waals surface area (Å²) in [5.74, 6) is 1.87. The second-order valence-corrected chi connectivity index (χ2v) is 20.9. The van der Waals surface area contributed by atoms with Crippen molar-refractivity contribution in [2.45, 2.75) is 20.6 Å². The Bertz CT molecular complexity index is 4230. The summed E-state index contributed by atoms with van der Waals surface area (Å²) in [5.41, 5.74) is 20.1. The molecule has 0 bridgehead atoms. The molecule has 0 fully saturated rings. The Morgan fingerprint density at radius 2 is 0.703 bits per heavy atom. The fourth-order valence-electron chi connectivity index (χ4n) is 13.2. The van der Waals surface area contributed by atoms with Crippen LogP contribution < -0.4 is 4.90 Å². The SMILES string of the molecule is c1ccc(-c2nc(-c3ccc4c(c3)C3(c5ccccc5S4)c4ccccc4-c4ccccc43)nc(-c3ccc4c(c3)C3(c5ccccc5-c5ccccc53)c3cc5ccccc5cc3N4c3ccccc3)n2)cc1. The molecule has 0 unspecified atom stereocenters. The summed E-state index contributed by atoms with van der Waals surface area (Å²) in [4.78, 5) is 21.3. The van der Waals surface area contributed by atoms with Crippen molar-refractivity contribution in [1.29, 1.82) is 0 Å². The van der Waals surface area contributed by atoms with Gasteiger partial charge in [-0.25, -0.2) is 15.0 Å². The first-order valence-corrected chi connectivity index (χ1v) is 26.2. The third kappa shape index (κ3) is 5.62. The van der Waals surface area contributed by atoms with E-state index >= 15 is 0 Å². The molecule has 11 aromatic carbocycles. The zero-order valence-corrected chi connectivity index (χ0v) is 40.8. The first kappa shape index (κ1) is 41.5. The van der Waals surface area contributed by atoms with Crippen LogP contribution in [0, 0.1) is 0 Å². The average Bonchev–Trinajstić information content (AvgIpc) is 4.02. The number of rotatable bonds is 4. The molecular weight excluding hydrogens is 917 g/mol. The first-order valence-electron chi connectivity index (χ1n) is 25.3. The van der Waals surface area contributed by atoms with Gasteiger partial charge in [0.05, 0.1) is 22.2 Å². The molecule has 4 aliphatic rings. The minimum atomic E-state index is -0.671. The van der Waals surface area contributed by atoms with E-state index in [0.29, 0.717) is 17.5 Å². The Kier molecular flexibility index (Phi) is 8.78. The maximum Gasteiger partial charge on any atom is 0.164 e. The van der Waals surface area contributed by atoms with Crippen LogP contribution in [0.1, 0.15) is 44.5 Å². The van der Waals surface area contributed by atoms with Crippen LogP contribution in [0.5, 0.6) is 0 Å². The number of benzene rings is 11. The Balaban J connectivity index is 0.958. The second-order valence-electron chi connectivity index (χ2n) is 19.8. The predicted octanol–water partition coefficient (Wildman–Crippen LogP) is 17.0. The monoisotopic (exact) mass is 958 g/mol. The lowest BCUT2D eigenvalue weighted by atomic mass is 9.64. The van der Waals surface area contributed by atoms with Crippen molar-refractivity contribution in [3.05, 3.63) is 299 Å². The predicted molar refractivity (Wildman–Crippen MR) is 301 cm³/mol. The third-order valence-corrected chi connectivity index (χ3v) is 17.3. The second kappa shape index (κ2) is 15.7. The number of hydrogen-bond donors (Lipinski definition) is 0. The maximum atomic E-state index is 5.57. The van der Waals surface area contributed by atoms with Gasteiger partial charge in [0.1, 0.15) is 0 Å². The summed E-state index contributed by atoms with van der Waals surface area (Å²) in [6.07, 6.45) is 0. The standard InChI is InChI=1S/C69H42N4S/c1-3-19-43(20-4-1)65-70-66(72-67(71-65)47-36-38-64-60(41-47)68(57-33-17-18-34-63(57)74-64)53-29-13-9-25-49(53)50-26-10-14-30-54(50)68)46-35-37-61-58(40-46)69(55-31-15-11-27-51(55)52-28-12-16-32-56(52)69)59-39-44-21-7-8-22-45(44)42-62(59)73(61)48-23-5-2-6-24-48/h1-42H. The molecule has 4 nitrogen and oxygen atoms in total. The van der Waals surface area contributed by atoms with E-state index < -0.39 is 10.8 Å². The molecule has 3 heterocycles. The van der Waals surface area contributed by atoms with E-state index in [4.69, 9.17) is 15.0 Å². The molecular formula is C69H42N4S. The summed E-state index contributed by atoms with van der Waals surface area (Å²) in [6, 6.07) is 93.5. The maximum absolute atomic E-state index is 5.57. The average molecular weight is 959 g/mol. The van der Waals surface area contributed by atoms with Crippen LogP contribution in [0.4, 0.5) is 17.1 Å². The fraction of sp³-hybridized carbons (Fsp3) is 0.0290. The lowest BCUT2D eigenvalue weighted by Gasteiger charge is -2.45. The minimum absolute atomic E-state index is 0.536. The van der Waals surface area contributed by atoms with E-state index in [0.717, 1.165) is 33.8 Å². The van der Waals surface area contributed by atoms with Crippen molar-refractivity contribution in [3.8, 4) is 56.4 Å². The molecule has 0 saturated heterocycles. The molecule has 74 heavy (non-hydrogen) atoms. The van der Waals surface area contributed by atoms with Crippen LogP contribution in [0.15, 0.2) is 265 Å². The normalized spacial score (nSPS) is 14.4. The highest BCUT2D eigenvalue weighted by molar-refractivity contribution is 7.99. The molecule has 0 amide bonds. The van der Waals surface area contributed by atoms with Crippen molar-refractivity contribution in [2.75, 3.05) is 4.90 Å². The minimum Gasteiger partial charge on any atom is -0.310 e. The summed E-state index contributed by atoms with van der Waals surface area (Å²) in [5, 5.41) is 2.40. The number of fused-ring (bicyclic) bond motifs is 19. The van der Waals surface area contributed by atoms with Crippen molar-refractivity contribution in [3.63, 3.8) is 0 Å². The van der Waals surface area contributed by atoms with Gasteiger partial charge in [-0.15, -0.1) is 0 Å². The van der Waals surface area contributed by atoms with Crippen LogP contribution in [0.2, 0.25) is 0 Å². The molecule has 2 aliphatic heterocycles. The van der Waals surface area contributed by atoms with Gasteiger partial charge in [0.2, 0.25) is 0 Å². The van der Waals surface area contributed by atoms with Gasteiger partial charge in [0.25, 0.3) is 0 Å². The lowest BCUT2D eigenvalue weighted by molar-refractivity contribution is 0.722. The van der Waals surface area contributed by atoms with E-state index in [1.54, 1.807) is 0 Å². The molecule has 0 N–H and O–H groups in total. The van der Waals surface area contributed by atoms with Crippen molar-refractivity contribution < 1.29 is 0 Å². The van der Waals surface area contributed by atoms with Crippen LogP contribution in [-0.2, 0) is 10.8 Å². The summed E-state index contributed by atoms with van der Waals surface area (Å²) in [6.45, 7) is 0. The van der Waals surface area contributed by atoms with E-state index in [2.05, 4.69) is 254 Å². The largest absolute Gasteiger partial charge is 0.310 e. The zero-order valence-electron chi connectivity index (χ0n) is 39.9. The van der Waals surface area contributed by atoms with Gasteiger partial charge in [0.15, 0.2) is 17.5 Å². The Morgan fingerprint density at radius 3 is 1.30 bits per heavy atom. The molecule has 0 radical (unpaired) electrons. The first-order chi connectivity index (χ1) is 36.7. The van der Waals surface area contributed by atoms with Crippen LogP contribution in [-0.4, -0.2) is 15.0 Å². The molecule has 16 rings (SSSR count). The highest BCUT2D eigenvalue weighted by Crippen LogP contribution is 2.65. The number of hydrogen-bond acceptors (Lipinski definition) is 5. The molecule has 2 spiro atoms. The fourth-order valence-corrected chi connectivity index (χ4v) is 14.3. The number of nitrogens with zero attached hydrogens (tertiary/aromatic N) is 4. The molecule has 2 aliphatic carbocycles. The van der Waals surface area contributed by atoms with Gasteiger partial charge in [0, 0.05) is 32.2 Å². The Morgan fingerprint density at radius 1 is 0.284 bits per heavy atom. The van der Waals surface area contributed by atoms with Gasteiger partial charge < -0.3 is 4.90 Å². The highest BCUT2D eigenvalue weighted by Gasteiger charge is 2.53. The summed E-state index contributed by atoms with van der Waals surface area (Å²) >= 11 is 1.85. The van der Waals surface area contributed by atoms with Crippen LogP contribution in [0.3, 0.4) is 0 Å². The zero-order chi connectivity index (χ0) is 48.5. The topological polar surface area (TPSA) is 41.9 Å². The Hall–Kier alpha value is -9.16. The molecule has 12 aromatic rings. The van der Waals surface area contributed by atoms with E-state index in [-0.39, 0.29) is 0 Å².